The third-order valence-corrected chi connectivity index (χ3v) is 4.16. The van der Waals surface area contributed by atoms with E-state index in [1.54, 1.807) is 0 Å². The first-order valence-electron chi connectivity index (χ1n) is 6.26. The van der Waals surface area contributed by atoms with E-state index >= 15 is 0 Å². The van der Waals surface area contributed by atoms with Gasteiger partial charge in [0.1, 0.15) is 0 Å². The van der Waals surface area contributed by atoms with E-state index in [4.69, 9.17) is 4.74 Å². The normalized spacial score (nSPS) is 33.2. The molecule has 4 nitrogen and oxygen atoms in total. The maximum atomic E-state index is 11.1. The average Bonchev–Trinajstić information content (AvgIpc) is 2.74. The summed E-state index contributed by atoms with van der Waals surface area (Å²) in [6.45, 7) is 8.67. The number of carbonyl (C=O) groups excluding carboxylic acids is 1. The van der Waals surface area contributed by atoms with E-state index < -0.39 is 0 Å². The largest absolute Gasteiger partial charge is 0.377 e. The van der Waals surface area contributed by atoms with E-state index in [1.165, 1.54) is 0 Å². The van der Waals surface area contributed by atoms with Gasteiger partial charge in [-0.1, -0.05) is 6.92 Å². The van der Waals surface area contributed by atoms with Crippen LogP contribution in [0.3, 0.4) is 0 Å². The van der Waals surface area contributed by atoms with E-state index in [9.17, 15) is 4.79 Å². The molecule has 0 aromatic rings. The molecule has 0 aromatic carbocycles. The number of morpholine rings is 1. The lowest BCUT2D eigenvalue weighted by molar-refractivity contribution is -0.134. The summed E-state index contributed by atoms with van der Waals surface area (Å²) in [6, 6.07) is 0.606. The molecule has 2 atom stereocenters. The summed E-state index contributed by atoms with van der Waals surface area (Å²) in [4.78, 5) is 15.6. The van der Waals surface area contributed by atoms with Crippen LogP contribution in [-0.2, 0) is 9.53 Å². The highest BCUT2D eigenvalue weighted by Crippen LogP contribution is 2.31. The topological polar surface area (TPSA) is 32.8 Å². The molecule has 2 unspecified atom stereocenters. The Bertz CT molecular complexity index is 259. The molecule has 0 aliphatic carbocycles. The summed E-state index contributed by atoms with van der Waals surface area (Å²) in [7, 11) is 0. The highest BCUT2D eigenvalue weighted by molar-refractivity contribution is 5.49. The quantitative estimate of drug-likeness (QED) is 0.665. The minimum Gasteiger partial charge on any atom is -0.377 e. The Morgan fingerprint density at radius 2 is 2.31 bits per heavy atom. The second-order valence-electron chi connectivity index (χ2n) is 5.05. The third kappa shape index (κ3) is 1.96. The van der Waals surface area contributed by atoms with Crippen molar-refractivity contribution in [2.75, 3.05) is 32.8 Å². The van der Waals surface area contributed by atoms with Crippen molar-refractivity contribution in [3.8, 4) is 0 Å². The van der Waals surface area contributed by atoms with E-state index in [0.717, 1.165) is 38.9 Å². The fourth-order valence-corrected chi connectivity index (χ4v) is 2.78. The van der Waals surface area contributed by atoms with Crippen LogP contribution in [0, 0.1) is 0 Å². The van der Waals surface area contributed by atoms with Gasteiger partial charge in [0.2, 0.25) is 6.41 Å². The van der Waals surface area contributed by atoms with Gasteiger partial charge in [0.15, 0.2) is 0 Å². The van der Waals surface area contributed by atoms with Crippen LogP contribution in [0.4, 0.5) is 0 Å². The first-order valence-corrected chi connectivity index (χ1v) is 6.26. The van der Waals surface area contributed by atoms with Gasteiger partial charge in [0.05, 0.1) is 18.8 Å². The zero-order valence-corrected chi connectivity index (χ0v) is 10.3. The average molecular weight is 226 g/mol. The van der Waals surface area contributed by atoms with Crippen LogP contribution < -0.4 is 0 Å². The number of amides is 1. The van der Waals surface area contributed by atoms with Gasteiger partial charge < -0.3 is 9.64 Å². The van der Waals surface area contributed by atoms with Crippen molar-refractivity contribution in [3.05, 3.63) is 0 Å². The van der Waals surface area contributed by atoms with Crippen LogP contribution in [0.2, 0.25) is 0 Å². The molecule has 0 saturated carbocycles. The summed E-state index contributed by atoms with van der Waals surface area (Å²) in [5, 5.41) is 0. The second-order valence-corrected chi connectivity index (χ2v) is 5.05. The SMILES string of the molecule is CCC(C)N1CCC2(COCCN2C=O)C1. The number of rotatable bonds is 3. The molecule has 2 fully saturated rings. The van der Waals surface area contributed by atoms with E-state index in [1.807, 2.05) is 4.90 Å². The maximum Gasteiger partial charge on any atom is 0.210 e. The van der Waals surface area contributed by atoms with Gasteiger partial charge in [-0.2, -0.15) is 0 Å². The summed E-state index contributed by atoms with van der Waals surface area (Å²) in [5.74, 6) is 0. The highest BCUT2D eigenvalue weighted by Gasteiger charge is 2.45. The first-order chi connectivity index (χ1) is 7.72. The molecule has 4 heteroatoms. The van der Waals surface area contributed by atoms with Crippen molar-refractivity contribution in [1.82, 2.24) is 9.80 Å². The van der Waals surface area contributed by atoms with Gasteiger partial charge in [0, 0.05) is 25.7 Å². The lowest BCUT2D eigenvalue weighted by Crippen LogP contribution is -2.58. The molecule has 0 aromatic heterocycles. The Morgan fingerprint density at radius 3 is 3.00 bits per heavy atom. The lowest BCUT2D eigenvalue weighted by atomic mass is 9.96. The summed E-state index contributed by atoms with van der Waals surface area (Å²) in [6.07, 6.45) is 3.22. The maximum absolute atomic E-state index is 11.1. The van der Waals surface area contributed by atoms with E-state index in [-0.39, 0.29) is 5.54 Å². The minimum absolute atomic E-state index is 0.0383. The number of likely N-dealkylation sites (tertiary alicyclic amines) is 1. The fraction of sp³-hybridized carbons (Fsp3) is 0.917. The van der Waals surface area contributed by atoms with Gasteiger partial charge in [-0.05, 0) is 19.8 Å². The van der Waals surface area contributed by atoms with Gasteiger partial charge in [0.25, 0.3) is 0 Å². The van der Waals surface area contributed by atoms with Crippen molar-refractivity contribution in [2.45, 2.75) is 38.3 Å². The Hall–Kier alpha value is -0.610. The molecule has 1 amide bonds. The molecule has 2 aliphatic heterocycles. The van der Waals surface area contributed by atoms with Crippen LogP contribution in [0.5, 0.6) is 0 Å². The van der Waals surface area contributed by atoms with Gasteiger partial charge in [-0.15, -0.1) is 0 Å². The fourth-order valence-electron chi connectivity index (χ4n) is 2.78. The second kappa shape index (κ2) is 4.72. The van der Waals surface area contributed by atoms with Crippen LogP contribution in [0.1, 0.15) is 26.7 Å². The van der Waals surface area contributed by atoms with Crippen LogP contribution in [0.25, 0.3) is 0 Å². The number of ether oxygens (including phenoxy) is 1. The van der Waals surface area contributed by atoms with Crippen molar-refractivity contribution < 1.29 is 9.53 Å². The molecular weight excluding hydrogens is 204 g/mol. The number of carbonyl (C=O) groups is 1. The van der Waals surface area contributed by atoms with Gasteiger partial charge in [-0.3, -0.25) is 9.69 Å². The smallest absolute Gasteiger partial charge is 0.210 e. The molecule has 2 rings (SSSR count). The van der Waals surface area contributed by atoms with Crippen molar-refractivity contribution in [1.29, 1.82) is 0 Å². The monoisotopic (exact) mass is 226 g/mol. The predicted octanol–water partition coefficient (Wildman–Crippen LogP) is 0.718. The Labute approximate surface area is 97.5 Å². The first kappa shape index (κ1) is 11.9. The number of nitrogens with zero attached hydrogens (tertiary/aromatic N) is 2. The molecule has 92 valence electrons. The molecule has 0 N–H and O–H groups in total. The zero-order chi connectivity index (χ0) is 11.6. The number of hydrogen-bond acceptors (Lipinski definition) is 3. The van der Waals surface area contributed by atoms with Crippen molar-refractivity contribution in [2.24, 2.45) is 0 Å². The molecule has 2 saturated heterocycles. The zero-order valence-electron chi connectivity index (χ0n) is 10.3. The Morgan fingerprint density at radius 1 is 1.50 bits per heavy atom. The summed E-state index contributed by atoms with van der Waals surface area (Å²) in [5.41, 5.74) is -0.0383. The van der Waals surface area contributed by atoms with Gasteiger partial charge >= 0.3 is 0 Å². The molecule has 2 aliphatic rings. The molecular formula is C12H22N2O2. The van der Waals surface area contributed by atoms with Gasteiger partial charge in [-0.25, -0.2) is 0 Å². The molecule has 0 bridgehead atoms. The Kier molecular flexibility index (Phi) is 3.50. The van der Waals surface area contributed by atoms with Crippen molar-refractivity contribution >= 4 is 6.41 Å². The van der Waals surface area contributed by atoms with Crippen LogP contribution >= 0.6 is 0 Å². The summed E-state index contributed by atoms with van der Waals surface area (Å²) < 4.78 is 5.57. The third-order valence-electron chi connectivity index (χ3n) is 4.16. The summed E-state index contributed by atoms with van der Waals surface area (Å²) >= 11 is 0. The predicted molar refractivity (Wildman–Crippen MR) is 62.3 cm³/mol. The number of hydrogen-bond donors (Lipinski definition) is 0. The highest BCUT2D eigenvalue weighted by atomic mass is 16.5. The van der Waals surface area contributed by atoms with Crippen molar-refractivity contribution in [3.63, 3.8) is 0 Å². The van der Waals surface area contributed by atoms with Crippen LogP contribution in [0.15, 0.2) is 0 Å². The van der Waals surface area contributed by atoms with E-state index in [2.05, 4.69) is 18.7 Å². The Balaban J connectivity index is 2.05. The standard InChI is InChI=1S/C12H22N2O2/c1-3-11(2)13-5-4-12(8-13)9-16-7-6-14(12)10-15/h10-11H,3-9H2,1-2H3. The molecule has 1 spiro atoms. The minimum atomic E-state index is -0.0383. The van der Waals surface area contributed by atoms with E-state index in [0.29, 0.717) is 19.3 Å². The molecule has 16 heavy (non-hydrogen) atoms. The molecule has 0 radical (unpaired) electrons. The van der Waals surface area contributed by atoms with Crippen LogP contribution in [-0.4, -0.2) is 60.6 Å². The molecule has 2 heterocycles. The lowest BCUT2D eigenvalue weighted by Gasteiger charge is -2.42.